The lowest BCUT2D eigenvalue weighted by molar-refractivity contribution is -0.120. The summed E-state index contributed by atoms with van der Waals surface area (Å²) in [6.45, 7) is 5.68. The molecule has 0 saturated heterocycles. The van der Waals surface area contributed by atoms with E-state index < -0.39 is 17.7 Å². The number of ether oxygens (including phenoxy) is 1. The van der Waals surface area contributed by atoms with Crippen molar-refractivity contribution in [3.8, 4) is 0 Å². The molecule has 1 aliphatic heterocycles. The highest BCUT2D eigenvalue weighted by Gasteiger charge is 2.33. The SMILES string of the molecule is CC(C)(C)OC(=O)N[C@H]1CSc2ccc(C(=O)NCc3ccc(F)cc3)cc2N(Cc2ccc(Cl)cc2)C1=O. The Balaban J connectivity index is 1.60. The Bertz CT molecular complexity index is 1360. The molecule has 0 unspecified atom stereocenters. The maximum Gasteiger partial charge on any atom is 0.408 e. The number of nitrogens with zero attached hydrogens (tertiary/aromatic N) is 1. The van der Waals surface area contributed by atoms with Gasteiger partial charge in [0.2, 0.25) is 0 Å². The van der Waals surface area contributed by atoms with Crippen LogP contribution in [0.4, 0.5) is 14.9 Å². The molecule has 0 fully saturated rings. The van der Waals surface area contributed by atoms with E-state index in [-0.39, 0.29) is 36.5 Å². The van der Waals surface area contributed by atoms with E-state index in [0.29, 0.717) is 16.3 Å². The van der Waals surface area contributed by atoms with E-state index in [4.69, 9.17) is 16.3 Å². The van der Waals surface area contributed by atoms with Crippen LogP contribution in [0.15, 0.2) is 71.6 Å². The molecule has 3 aromatic rings. The Morgan fingerprint density at radius 2 is 1.72 bits per heavy atom. The third-order valence-electron chi connectivity index (χ3n) is 5.79. The summed E-state index contributed by atoms with van der Waals surface area (Å²) in [7, 11) is 0. The zero-order chi connectivity index (χ0) is 28.2. The molecular formula is C29H29ClFN3O4S. The summed E-state index contributed by atoms with van der Waals surface area (Å²) in [5.74, 6) is -0.721. The van der Waals surface area contributed by atoms with Crippen molar-refractivity contribution < 1.29 is 23.5 Å². The van der Waals surface area contributed by atoms with Gasteiger partial charge in [0.05, 0.1) is 12.2 Å². The van der Waals surface area contributed by atoms with Gasteiger partial charge in [-0.15, -0.1) is 11.8 Å². The summed E-state index contributed by atoms with van der Waals surface area (Å²) in [5.41, 5.74) is 1.79. The van der Waals surface area contributed by atoms with Gasteiger partial charge < -0.3 is 20.3 Å². The predicted octanol–water partition coefficient (Wildman–Crippen LogP) is 5.94. The van der Waals surface area contributed by atoms with Crippen molar-refractivity contribution in [2.75, 3.05) is 10.7 Å². The molecule has 1 aliphatic rings. The van der Waals surface area contributed by atoms with E-state index in [9.17, 15) is 18.8 Å². The van der Waals surface area contributed by atoms with Gasteiger partial charge in [0.15, 0.2) is 0 Å². The average molecular weight is 570 g/mol. The van der Waals surface area contributed by atoms with Crippen molar-refractivity contribution >= 4 is 47.0 Å². The molecule has 4 rings (SSSR count). The van der Waals surface area contributed by atoms with Crippen molar-refractivity contribution in [1.82, 2.24) is 10.6 Å². The number of alkyl carbamates (subject to hydrolysis) is 1. The van der Waals surface area contributed by atoms with Crippen LogP contribution in [0.5, 0.6) is 0 Å². The van der Waals surface area contributed by atoms with Crippen molar-refractivity contribution in [3.05, 3.63) is 94.3 Å². The maximum absolute atomic E-state index is 13.8. The number of amides is 3. The topological polar surface area (TPSA) is 87.7 Å². The minimum atomic E-state index is -0.847. The van der Waals surface area contributed by atoms with Gasteiger partial charge in [-0.05, 0) is 74.4 Å². The Morgan fingerprint density at radius 1 is 1.05 bits per heavy atom. The standard InChI is InChI=1S/C29H29ClFN3O4S/c1-29(2,3)38-28(37)33-23-17-39-25-13-8-20(26(35)32-15-18-6-11-22(31)12-7-18)14-24(25)34(27(23)36)16-19-4-9-21(30)10-5-19/h4-14,23H,15-17H2,1-3H3,(H,32,35)(H,33,37)/t23-/m0/s1. The summed E-state index contributed by atoms with van der Waals surface area (Å²) in [6, 6.07) is 17.3. The van der Waals surface area contributed by atoms with Crippen LogP contribution in [0.25, 0.3) is 0 Å². The zero-order valence-corrected chi connectivity index (χ0v) is 23.4. The van der Waals surface area contributed by atoms with Crippen LogP contribution in [-0.4, -0.2) is 35.3 Å². The summed E-state index contributed by atoms with van der Waals surface area (Å²) >= 11 is 7.46. The number of hydrogen-bond donors (Lipinski definition) is 2. The first kappa shape index (κ1) is 28.4. The molecular weight excluding hydrogens is 541 g/mol. The fourth-order valence-corrected chi connectivity index (χ4v) is 5.10. The zero-order valence-electron chi connectivity index (χ0n) is 21.8. The van der Waals surface area contributed by atoms with Crippen molar-refractivity contribution in [2.24, 2.45) is 0 Å². The Kier molecular flexibility index (Phi) is 8.82. The molecule has 0 saturated carbocycles. The molecule has 0 aromatic heterocycles. The number of halogens is 2. The van der Waals surface area contributed by atoms with Crippen LogP contribution in [0.3, 0.4) is 0 Å². The van der Waals surface area contributed by atoms with Gasteiger partial charge in [-0.2, -0.15) is 0 Å². The van der Waals surface area contributed by atoms with Gasteiger partial charge in [-0.3, -0.25) is 9.59 Å². The third kappa shape index (κ3) is 7.74. The van der Waals surface area contributed by atoms with Crippen LogP contribution < -0.4 is 15.5 Å². The lowest BCUT2D eigenvalue weighted by atomic mass is 10.1. The Hall–Kier alpha value is -3.56. The summed E-state index contributed by atoms with van der Waals surface area (Å²) < 4.78 is 18.6. The summed E-state index contributed by atoms with van der Waals surface area (Å²) in [5, 5.41) is 6.11. The van der Waals surface area contributed by atoms with Crippen molar-refractivity contribution in [1.29, 1.82) is 0 Å². The minimum Gasteiger partial charge on any atom is -0.444 e. The smallest absolute Gasteiger partial charge is 0.408 e. The number of thioether (sulfide) groups is 1. The van der Waals surface area contributed by atoms with E-state index in [2.05, 4.69) is 10.6 Å². The molecule has 0 bridgehead atoms. The quantitative estimate of drug-likeness (QED) is 0.383. The predicted molar refractivity (Wildman–Crippen MR) is 151 cm³/mol. The second kappa shape index (κ2) is 12.1. The fraction of sp³-hybridized carbons (Fsp3) is 0.276. The van der Waals surface area contributed by atoms with Gasteiger partial charge in [0, 0.05) is 27.8 Å². The van der Waals surface area contributed by atoms with Crippen LogP contribution in [-0.2, 0) is 22.6 Å². The van der Waals surface area contributed by atoms with Gasteiger partial charge in [0.1, 0.15) is 17.5 Å². The molecule has 1 heterocycles. The van der Waals surface area contributed by atoms with Crippen LogP contribution >= 0.6 is 23.4 Å². The molecule has 39 heavy (non-hydrogen) atoms. The number of rotatable bonds is 6. The van der Waals surface area contributed by atoms with E-state index in [1.165, 1.54) is 23.9 Å². The third-order valence-corrected chi connectivity index (χ3v) is 7.20. The highest BCUT2D eigenvalue weighted by molar-refractivity contribution is 7.99. The normalized spacial score (nSPS) is 15.3. The van der Waals surface area contributed by atoms with Crippen molar-refractivity contribution in [3.63, 3.8) is 0 Å². The molecule has 0 aliphatic carbocycles. The summed E-state index contributed by atoms with van der Waals surface area (Å²) in [6.07, 6.45) is -0.681. The van der Waals surface area contributed by atoms with Gasteiger partial charge >= 0.3 is 6.09 Å². The highest BCUT2D eigenvalue weighted by Crippen LogP contribution is 2.36. The van der Waals surface area contributed by atoms with E-state index in [1.54, 1.807) is 68.1 Å². The molecule has 2 N–H and O–H groups in total. The molecule has 7 nitrogen and oxygen atoms in total. The lowest BCUT2D eigenvalue weighted by Gasteiger charge is -2.27. The molecule has 204 valence electrons. The van der Waals surface area contributed by atoms with Crippen LogP contribution in [0.2, 0.25) is 5.02 Å². The Labute approximate surface area is 236 Å². The largest absolute Gasteiger partial charge is 0.444 e. The molecule has 1 atom stereocenters. The number of nitrogens with one attached hydrogen (secondary N) is 2. The van der Waals surface area contributed by atoms with Gasteiger partial charge in [0.25, 0.3) is 11.8 Å². The van der Waals surface area contributed by atoms with Crippen LogP contribution in [0.1, 0.15) is 42.3 Å². The molecule has 0 radical (unpaired) electrons. The first-order valence-corrected chi connectivity index (χ1v) is 13.7. The van der Waals surface area contributed by atoms with Crippen molar-refractivity contribution in [2.45, 2.75) is 50.4 Å². The monoisotopic (exact) mass is 569 g/mol. The summed E-state index contributed by atoms with van der Waals surface area (Å²) in [4.78, 5) is 41.7. The first-order valence-electron chi connectivity index (χ1n) is 12.3. The van der Waals surface area contributed by atoms with Gasteiger partial charge in [-0.1, -0.05) is 35.9 Å². The molecule has 3 aromatic carbocycles. The Morgan fingerprint density at radius 3 is 2.38 bits per heavy atom. The number of hydrogen-bond acceptors (Lipinski definition) is 5. The second-order valence-corrected chi connectivity index (χ2v) is 11.6. The van der Waals surface area contributed by atoms with Gasteiger partial charge in [-0.25, -0.2) is 9.18 Å². The fourth-order valence-electron chi connectivity index (χ4n) is 3.92. The number of benzene rings is 3. The number of carbonyl (C=O) groups excluding carboxylic acids is 3. The second-order valence-electron chi connectivity index (χ2n) is 10.1. The van der Waals surface area contributed by atoms with E-state index in [1.807, 2.05) is 12.1 Å². The molecule has 10 heteroatoms. The lowest BCUT2D eigenvalue weighted by Crippen LogP contribution is -2.50. The minimum absolute atomic E-state index is 0.205. The van der Waals surface area contributed by atoms with E-state index >= 15 is 0 Å². The maximum atomic E-state index is 13.8. The average Bonchev–Trinajstić information content (AvgIpc) is 3.00. The highest BCUT2D eigenvalue weighted by atomic mass is 35.5. The number of fused-ring (bicyclic) bond motifs is 1. The number of anilines is 1. The van der Waals surface area contributed by atoms with E-state index in [0.717, 1.165) is 16.0 Å². The molecule has 0 spiro atoms. The molecule has 3 amide bonds. The first-order chi connectivity index (χ1) is 18.5. The van der Waals surface area contributed by atoms with Crippen LogP contribution in [0, 0.1) is 5.82 Å². The number of carbonyl (C=O) groups is 3.